The van der Waals surface area contributed by atoms with Crippen LogP contribution in [-0.4, -0.2) is 66.5 Å². The summed E-state index contributed by atoms with van der Waals surface area (Å²) in [6.07, 6.45) is 64.6. The fourth-order valence-corrected chi connectivity index (χ4v) is 7.51. The van der Waals surface area contributed by atoms with Crippen LogP contribution in [0, 0.1) is 0 Å². The number of aliphatic hydroxyl groups is 1. The van der Waals surface area contributed by atoms with Gasteiger partial charge in [-0.25, -0.2) is 4.57 Å². The predicted octanol–water partition coefficient (Wildman–Crippen LogP) is 16.0. The minimum absolute atomic E-state index is 0.0962. The lowest BCUT2D eigenvalue weighted by Gasteiger charge is -2.21. The normalized spacial score (nSPS) is 14.3. The van der Waals surface area contributed by atoms with E-state index >= 15 is 0 Å². The van der Waals surface area contributed by atoms with Crippen LogP contribution in [0.1, 0.15) is 201 Å². The SMILES string of the molecule is CC/C=C\C/C=C\C/C=C\C/C=C\C/C=C\CCCC(=O)OCC(COP(=O)(O)OCC(CO)OC(=O)CCCCCCC/C=C\CCCCCC)OC(=O)CCCC/C=C\C/C=C\C/C=C\C/C=C\CC. The summed E-state index contributed by atoms with van der Waals surface area (Å²) in [6, 6.07) is 0. The van der Waals surface area contributed by atoms with Gasteiger partial charge in [0.1, 0.15) is 12.7 Å². The lowest BCUT2D eigenvalue weighted by Crippen LogP contribution is -2.30. The maximum atomic E-state index is 12.9. The molecule has 0 amide bonds. The molecule has 72 heavy (non-hydrogen) atoms. The smallest absolute Gasteiger partial charge is 0.462 e. The van der Waals surface area contributed by atoms with Crippen LogP contribution < -0.4 is 0 Å². The number of ether oxygens (including phenoxy) is 3. The second-order valence-electron chi connectivity index (χ2n) is 17.6. The van der Waals surface area contributed by atoms with Gasteiger partial charge in [0.05, 0.1) is 19.8 Å². The standard InChI is InChI=1S/C60H97O11P/c1-4-7-10-13-16-19-22-25-27-28-30-32-34-37-40-43-46-49-58(62)67-53-57(71-60(64)51-48-45-42-39-36-33-29-26-23-20-17-14-11-8-5-2)55-69-72(65,66)68-54-56(52-61)70-59(63)50-47-44-41-38-35-31-24-21-18-15-12-9-6-3/h7-8,10-11,16-17,19-21,24-27,29-30,32,36-37,39-40,56-57,61H,4-6,9,12-15,18,22-23,28,31,33-35,38,41-55H2,1-3H3,(H,65,66)/b10-7-,11-8-,19-16-,20-17-,24-21-,27-25-,29-26-,32-30-,39-36-,40-37-. The van der Waals surface area contributed by atoms with Crippen LogP contribution in [0.15, 0.2) is 122 Å². The fraction of sp³-hybridized carbons (Fsp3) is 0.617. The lowest BCUT2D eigenvalue weighted by atomic mass is 10.1. The molecule has 0 spiro atoms. The van der Waals surface area contributed by atoms with Crippen LogP contribution in [0.3, 0.4) is 0 Å². The van der Waals surface area contributed by atoms with E-state index in [0.29, 0.717) is 25.7 Å². The minimum Gasteiger partial charge on any atom is -0.462 e. The molecule has 0 aliphatic heterocycles. The summed E-state index contributed by atoms with van der Waals surface area (Å²) in [6.45, 7) is 4.25. The maximum absolute atomic E-state index is 12.9. The molecule has 3 atom stereocenters. The van der Waals surface area contributed by atoms with Crippen LogP contribution >= 0.6 is 7.82 Å². The van der Waals surface area contributed by atoms with Gasteiger partial charge in [-0.05, 0) is 122 Å². The van der Waals surface area contributed by atoms with Gasteiger partial charge in [-0.3, -0.25) is 23.4 Å². The summed E-state index contributed by atoms with van der Waals surface area (Å²) in [5, 5.41) is 9.79. The third-order valence-corrected chi connectivity index (χ3v) is 11.8. The van der Waals surface area contributed by atoms with E-state index in [9.17, 15) is 28.9 Å². The summed E-state index contributed by atoms with van der Waals surface area (Å²) < 4.78 is 39.3. The van der Waals surface area contributed by atoms with Crippen molar-refractivity contribution in [2.24, 2.45) is 0 Å². The molecule has 0 heterocycles. The zero-order valence-electron chi connectivity index (χ0n) is 44.8. The summed E-state index contributed by atoms with van der Waals surface area (Å²) in [7, 11) is -4.78. The van der Waals surface area contributed by atoms with Gasteiger partial charge in [-0.2, -0.15) is 0 Å². The van der Waals surface area contributed by atoms with Gasteiger partial charge >= 0.3 is 25.7 Å². The molecular weight excluding hydrogens is 928 g/mol. The zero-order chi connectivity index (χ0) is 52.7. The number of allylic oxidation sites excluding steroid dienone is 20. The van der Waals surface area contributed by atoms with E-state index in [1.165, 1.54) is 25.7 Å². The predicted molar refractivity (Wildman–Crippen MR) is 297 cm³/mol. The molecule has 0 aliphatic carbocycles. The van der Waals surface area contributed by atoms with Crippen molar-refractivity contribution in [2.45, 2.75) is 213 Å². The molecule has 3 unspecified atom stereocenters. The van der Waals surface area contributed by atoms with Crippen molar-refractivity contribution in [2.75, 3.05) is 26.4 Å². The Bertz CT molecular complexity index is 1670. The van der Waals surface area contributed by atoms with E-state index in [1.807, 2.05) is 6.08 Å². The van der Waals surface area contributed by atoms with E-state index in [2.05, 4.69) is 136 Å². The van der Waals surface area contributed by atoms with E-state index < -0.39 is 57.8 Å². The van der Waals surface area contributed by atoms with Crippen molar-refractivity contribution in [1.82, 2.24) is 0 Å². The first kappa shape index (κ1) is 67.9. The molecular formula is C60H97O11P. The Morgan fingerprint density at radius 1 is 0.403 bits per heavy atom. The van der Waals surface area contributed by atoms with Crippen molar-refractivity contribution < 1.29 is 52.2 Å². The van der Waals surface area contributed by atoms with Gasteiger partial charge in [0.2, 0.25) is 0 Å². The number of carbonyl (C=O) groups excluding carboxylic acids is 3. The Hall–Kier alpha value is -4.12. The molecule has 0 aromatic rings. The minimum atomic E-state index is -4.78. The van der Waals surface area contributed by atoms with Crippen molar-refractivity contribution in [3.05, 3.63) is 122 Å². The number of hydrogen-bond acceptors (Lipinski definition) is 10. The molecule has 408 valence electrons. The lowest BCUT2D eigenvalue weighted by molar-refractivity contribution is -0.161. The highest BCUT2D eigenvalue weighted by Gasteiger charge is 2.28. The van der Waals surface area contributed by atoms with Gasteiger partial charge in [-0.1, -0.05) is 181 Å². The topological polar surface area (TPSA) is 155 Å². The Balaban J connectivity index is 4.90. The first-order valence-corrected chi connectivity index (χ1v) is 28.9. The average molecular weight is 1030 g/mol. The van der Waals surface area contributed by atoms with Crippen molar-refractivity contribution in [3.8, 4) is 0 Å². The highest BCUT2D eigenvalue weighted by molar-refractivity contribution is 7.47. The maximum Gasteiger partial charge on any atom is 0.472 e. The molecule has 0 fully saturated rings. The van der Waals surface area contributed by atoms with Crippen LogP contribution in [0.2, 0.25) is 0 Å². The third-order valence-electron chi connectivity index (χ3n) is 10.8. The molecule has 0 aromatic heterocycles. The second-order valence-corrected chi connectivity index (χ2v) is 19.1. The molecule has 0 aliphatic rings. The molecule has 2 N–H and O–H groups in total. The summed E-state index contributed by atoms with van der Waals surface area (Å²) >= 11 is 0. The number of phosphoric acid groups is 1. The zero-order valence-corrected chi connectivity index (χ0v) is 45.7. The Morgan fingerprint density at radius 3 is 1.19 bits per heavy atom. The molecule has 0 radical (unpaired) electrons. The Labute approximate surface area is 437 Å². The number of carbonyl (C=O) groups is 3. The van der Waals surface area contributed by atoms with Gasteiger partial charge < -0.3 is 24.2 Å². The number of hydrogen-bond donors (Lipinski definition) is 2. The highest BCUT2D eigenvalue weighted by Crippen LogP contribution is 2.43. The number of unbranched alkanes of at least 4 members (excludes halogenated alkanes) is 12. The molecule has 0 saturated carbocycles. The van der Waals surface area contributed by atoms with Gasteiger partial charge in [-0.15, -0.1) is 0 Å². The quantitative estimate of drug-likeness (QED) is 0.0197. The van der Waals surface area contributed by atoms with Crippen LogP contribution in [0.25, 0.3) is 0 Å². The van der Waals surface area contributed by atoms with E-state index in [1.54, 1.807) is 0 Å². The monoisotopic (exact) mass is 1020 g/mol. The van der Waals surface area contributed by atoms with Crippen LogP contribution in [0.4, 0.5) is 0 Å². The van der Waals surface area contributed by atoms with E-state index in [0.717, 1.165) is 109 Å². The van der Waals surface area contributed by atoms with Gasteiger partial charge in [0, 0.05) is 19.3 Å². The van der Waals surface area contributed by atoms with Crippen LogP contribution in [0.5, 0.6) is 0 Å². The van der Waals surface area contributed by atoms with E-state index in [4.69, 9.17) is 23.3 Å². The largest absolute Gasteiger partial charge is 0.472 e. The first-order valence-electron chi connectivity index (χ1n) is 27.4. The second kappa shape index (κ2) is 53.2. The van der Waals surface area contributed by atoms with Gasteiger partial charge in [0.15, 0.2) is 6.10 Å². The average Bonchev–Trinajstić information content (AvgIpc) is 3.37. The first-order chi connectivity index (χ1) is 35.2. The molecule has 0 rings (SSSR count). The number of esters is 3. The highest BCUT2D eigenvalue weighted by atomic mass is 31.2. The van der Waals surface area contributed by atoms with E-state index in [-0.39, 0.29) is 25.9 Å². The van der Waals surface area contributed by atoms with Crippen molar-refractivity contribution in [3.63, 3.8) is 0 Å². The number of phosphoric ester groups is 1. The molecule has 0 bridgehead atoms. The van der Waals surface area contributed by atoms with Crippen molar-refractivity contribution >= 4 is 25.7 Å². The van der Waals surface area contributed by atoms with Gasteiger partial charge in [0.25, 0.3) is 0 Å². The summed E-state index contributed by atoms with van der Waals surface area (Å²) in [5.74, 6) is -1.61. The van der Waals surface area contributed by atoms with Crippen molar-refractivity contribution in [1.29, 1.82) is 0 Å². The molecule has 0 aromatic carbocycles. The summed E-state index contributed by atoms with van der Waals surface area (Å²) in [4.78, 5) is 48.4. The molecule has 11 nitrogen and oxygen atoms in total. The Kier molecular flexibility index (Phi) is 50.1. The number of aliphatic hydroxyl groups excluding tert-OH is 1. The van der Waals surface area contributed by atoms with Crippen LogP contribution in [-0.2, 0) is 42.2 Å². The fourth-order valence-electron chi connectivity index (χ4n) is 6.73. The molecule has 12 heteroatoms. The third kappa shape index (κ3) is 50.8. The number of rotatable bonds is 49. The summed E-state index contributed by atoms with van der Waals surface area (Å²) in [5.41, 5.74) is 0. The Morgan fingerprint density at radius 2 is 0.736 bits per heavy atom. The molecule has 0 saturated heterocycles.